The van der Waals surface area contributed by atoms with Crippen LogP contribution in [0.4, 0.5) is 0 Å². The molecule has 1 aliphatic heterocycles. The van der Waals surface area contributed by atoms with Crippen LogP contribution in [0.3, 0.4) is 0 Å². The summed E-state index contributed by atoms with van der Waals surface area (Å²) in [6, 6.07) is 5.81. The molecule has 0 spiro atoms. The highest BCUT2D eigenvalue weighted by Crippen LogP contribution is 2.17. The molecule has 0 amide bonds. The van der Waals surface area contributed by atoms with Crippen molar-refractivity contribution in [3.63, 3.8) is 0 Å². The number of hydrogen-bond acceptors (Lipinski definition) is 3. The van der Waals surface area contributed by atoms with Crippen molar-refractivity contribution < 1.29 is 0 Å². The quantitative estimate of drug-likeness (QED) is 0.864. The van der Waals surface area contributed by atoms with E-state index in [0.29, 0.717) is 18.1 Å². The minimum Gasteiger partial charge on any atom is -0.306 e. The van der Waals surface area contributed by atoms with Crippen molar-refractivity contribution in [3.8, 4) is 0 Å². The van der Waals surface area contributed by atoms with Crippen molar-refractivity contribution >= 4 is 0 Å². The minimum atomic E-state index is 0.390. The van der Waals surface area contributed by atoms with Crippen LogP contribution in [0.25, 0.3) is 0 Å². The number of rotatable bonds is 4. The highest BCUT2D eigenvalue weighted by Gasteiger charge is 2.25. The number of pyridine rings is 1. The SMILES string of the molecule is CC(C)N1CCC(N[C@H](C)c2cccnc2)C1. The van der Waals surface area contributed by atoms with Gasteiger partial charge in [-0.05, 0) is 45.4 Å². The summed E-state index contributed by atoms with van der Waals surface area (Å²) < 4.78 is 0. The topological polar surface area (TPSA) is 28.2 Å². The minimum absolute atomic E-state index is 0.390. The molecule has 3 nitrogen and oxygen atoms in total. The Kier molecular flexibility index (Phi) is 4.13. The molecule has 2 heterocycles. The molecule has 0 aliphatic carbocycles. The number of likely N-dealkylation sites (tertiary alicyclic amines) is 1. The third-order valence-electron chi connectivity index (χ3n) is 3.62. The van der Waals surface area contributed by atoms with Crippen LogP contribution < -0.4 is 5.32 Å². The van der Waals surface area contributed by atoms with Crippen LogP contribution in [0.1, 0.15) is 38.8 Å². The average Bonchev–Trinajstić information content (AvgIpc) is 2.79. The maximum Gasteiger partial charge on any atom is 0.0315 e. The normalized spacial score (nSPS) is 23.2. The molecule has 0 aromatic carbocycles. The Balaban J connectivity index is 1.86. The maximum absolute atomic E-state index is 4.17. The molecule has 1 saturated heterocycles. The van der Waals surface area contributed by atoms with Crippen LogP contribution in [-0.4, -0.2) is 35.1 Å². The van der Waals surface area contributed by atoms with E-state index in [9.17, 15) is 0 Å². The lowest BCUT2D eigenvalue weighted by atomic mass is 10.1. The Labute approximate surface area is 104 Å². The molecule has 94 valence electrons. The zero-order chi connectivity index (χ0) is 12.3. The molecule has 1 aromatic heterocycles. The molecule has 1 aliphatic rings. The molecule has 0 bridgehead atoms. The van der Waals surface area contributed by atoms with Crippen molar-refractivity contribution in [1.29, 1.82) is 0 Å². The van der Waals surface area contributed by atoms with E-state index in [1.54, 1.807) is 0 Å². The fourth-order valence-electron chi connectivity index (χ4n) is 2.47. The zero-order valence-corrected chi connectivity index (χ0v) is 11.1. The first-order valence-electron chi connectivity index (χ1n) is 6.57. The third kappa shape index (κ3) is 3.27. The van der Waals surface area contributed by atoms with Crippen LogP contribution in [-0.2, 0) is 0 Å². The van der Waals surface area contributed by atoms with Crippen LogP contribution in [0, 0.1) is 0 Å². The predicted molar refractivity (Wildman–Crippen MR) is 70.9 cm³/mol. The van der Waals surface area contributed by atoms with Gasteiger partial charge in [-0.2, -0.15) is 0 Å². The molecule has 1 aromatic rings. The fraction of sp³-hybridized carbons (Fsp3) is 0.643. The summed E-state index contributed by atoms with van der Waals surface area (Å²) in [4.78, 5) is 6.71. The van der Waals surface area contributed by atoms with Gasteiger partial charge in [0.15, 0.2) is 0 Å². The summed E-state index contributed by atoms with van der Waals surface area (Å²) in [6.07, 6.45) is 5.03. The predicted octanol–water partition coefficient (Wildman–Crippen LogP) is 2.21. The van der Waals surface area contributed by atoms with Gasteiger partial charge in [-0.1, -0.05) is 6.07 Å². The largest absolute Gasteiger partial charge is 0.306 e. The first kappa shape index (κ1) is 12.5. The highest BCUT2D eigenvalue weighted by molar-refractivity contribution is 5.13. The Morgan fingerprint density at radius 3 is 2.82 bits per heavy atom. The first-order chi connectivity index (χ1) is 8.16. The van der Waals surface area contributed by atoms with Gasteiger partial charge in [0.05, 0.1) is 0 Å². The van der Waals surface area contributed by atoms with E-state index in [1.165, 1.54) is 25.1 Å². The van der Waals surface area contributed by atoms with Gasteiger partial charge < -0.3 is 5.32 Å². The summed E-state index contributed by atoms with van der Waals surface area (Å²) in [7, 11) is 0. The van der Waals surface area contributed by atoms with Gasteiger partial charge in [-0.15, -0.1) is 0 Å². The molecule has 1 N–H and O–H groups in total. The van der Waals surface area contributed by atoms with E-state index in [2.05, 4.69) is 42.0 Å². The summed E-state index contributed by atoms with van der Waals surface area (Å²) in [5, 5.41) is 3.70. The van der Waals surface area contributed by atoms with Gasteiger partial charge in [-0.3, -0.25) is 9.88 Å². The standard InChI is InChI=1S/C14H23N3/c1-11(2)17-8-6-14(10-17)16-12(3)13-5-4-7-15-9-13/h4-5,7,9,11-12,14,16H,6,8,10H2,1-3H3/t12-,14?/m1/s1. The van der Waals surface area contributed by atoms with Gasteiger partial charge in [0, 0.05) is 37.1 Å². The van der Waals surface area contributed by atoms with Crippen LogP contribution in [0.15, 0.2) is 24.5 Å². The molecular formula is C14H23N3. The van der Waals surface area contributed by atoms with Crippen LogP contribution in [0.2, 0.25) is 0 Å². The molecular weight excluding hydrogens is 210 g/mol. The van der Waals surface area contributed by atoms with E-state index in [4.69, 9.17) is 0 Å². The highest BCUT2D eigenvalue weighted by atomic mass is 15.2. The van der Waals surface area contributed by atoms with Crippen LogP contribution in [0.5, 0.6) is 0 Å². The van der Waals surface area contributed by atoms with Gasteiger partial charge in [0.1, 0.15) is 0 Å². The molecule has 3 heteroatoms. The number of nitrogens with one attached hydrogen (secondary N) is 1. The molecule has 1 fully saturated rings. The Bertz CT molecular complexity index is 337. The van der Waals surface area contributed by atoms with Gasteiger partial charge in [-0.25, -0.2) is 0 Å². The summed E-state index contributed by atoms with van der Waals surface area (Å²) in [6.45, 7) is 9.15. The number of hydrogen-bond donors (Lipinski definition) is 1. The summed E-state index contributed by atoms with van der Waals surface area (Å²) in [5.41, 5.74) is 1.27. The van der Waals surface area contributed by atoms with Gasteiger partial charge >= 0.3 is 0 Å². The van der Waals surface area contributed by atoms with E-state index in [1.807, 2.05) is 18.5 Å². The lowest BCUT2D eigenvalue weighted by Gasteiger charge is -2.22. The van der Waals surface area contributed by atoms with E-state index in [0.717, 1.165) is 0 Å². The van der Waals surface area contributed by atoms with Gasteiger partial charge in [0.25, 0.3) is 0 Å². The smallest absolute Gasteiger partial charge is 0.0315 e. The molecule has 0 radical (unpaired) electrons. The maximum atomic E-state index is 4.17. The summed E-state index contributed by atoms with van der Waals surface area (Å²) >= 11 is 0. The van der Waals surface area contributed by atoms with Crippen molar-refractivity contribution in [2.75, 3.05) is 13.1 Å². The second kappa shape index (κ2) is 5.61. The molecule has 2 rings (SSSR count). The van der Waals surface area contributed by atoms with E-state index >= 15 is 0 Å². The van der Waals surface area contributed by atoms with E-state index < -0.39 is 0 Å². The second-order valence-electron chi connectivity index (χ2n) is 5.25. The third-order valence-corrected chi connectivity index (χ3v) is 3.62. The van der Waals surface area contributed by atoms with E-state index in [-0.39, 0.29) is 0 Å². The number of aromatic nitrogens is 1. The average molecular weight is 233 g/mol. The zero-order valence-electron chi connectivity index (χ0n) is 11.1. The Hall–Kier alpha value is -0.930. The molecule has 2 atom stereocenters. The lowest BCUT2D eigenvalue weighted by Crippen LogP contribution is -2.36. The second-order valence-corrected chi connectivity index (χ2v) is 5.25. The van der Waals surface area contributed by atoms with Crippen LogP contribution >= 0.6 is 0 Å². The fourth-order valence-corrected chi connectivity index (χ4v) is 2.47. The molecule has 1 unspecified atom stereocenters. The molecule has 17 heavy (non-hydrogen) atoms. The first-order valence-corrected chi connectivity index (χ1v) is 6.57. The number of nitrogens with zero attached hydrogens (tertiary/aromatic N) is 2. The lowest BCUT2D eigenvalue weighted by molar-refractivity contribution is 0.266. The van der Waals surface area contributed by atoms with Crippen molar-refractivity contribution in [1.82, 2.24) is 15.2 Å². The monoisotopic (exact) mass is 233 g/mol. The van der Waals surface area contributed by atoms with Crippen molar-refractivity contribution in [2.24, 2.45) is 0 Å². The van der Waals surface area contributed by atoms with Crippen molar-refractivity contribution in [2.45, 2.75) is 45.3 Å². The molecule has 0 saturated carbocycles. The Morgan fingerprint density at radius 1 is 1.41 bits per heavy atom. The Morgan fingerprint density at radius 2 is 2.24 bits per heavy atom. The van der Waals surface area contributed by atoms with Crippen molar-refractivity contribution in [3.05, 3.63) is 30.1 Å². The van der Waals surface area contributed by atoms with Gasteiger partial charge in [0.2, 0.25) is 0 Å². The summed E-state index contributed by atoms with van der Waals surface area (Å²) in [5.74, 6) is 0.